The van der Waals surface area contributed by atoms with Gasteiger partial charge in [-0.25, -0.2) is 0 Å². The van der Waals surface area contributed by atoms with Crippen molar-refractivity contribution in [2.45, 2.75) is 38.8 Å². The van der Waals surface area contributed by atoms with E-state index in [0.29, 0.717) is 17.5 Å². The Bertz CT molecular complexity index is 906. The number of hydrogen-bond donors (Lipinski definition) is 1. The standard InChI is InChI=1S/C21H26ClN5O/c1-2-27-14-16(12-23-27)13-26-9-7-17(15-26)20-11-18(24-25-20)8-10-28-21-6-4-3-5-19(21)22/h3-6,11-12,14,17H,2,7-10,13,15H2,1H3,(H,24,25). The Kier molecular flexibility index (Phi) is 5.98. The van der Waals surface area contributed by atoms with Gasteiger partial charge in [0, 0.05) is 49.4 Å². The summed E-state index contributed by atoms with van der Waals surface area (Å²) in [4.78, 5) is 2.48. The first kappa shape index (κ1) is 19.0. The lowest BCUT2D eigenvalue weighted by molar-refractivity contribution is 0.320. The fourth-order valence-electron chi connectivity index (χ4n) is 3.69. The molecule has 0 aliphatic carbocycles. The van der Waals surface area contributed by atoms with E-state index < -0.39 is 0 Å². The van der Waals surface area contributed by atoms with Gasteiger partial charge in [0.05, 0.1) is 23.5 Å². The number of halogens is 1. The van der Waals surface area contributed by atoms with Crippen molar-refractivity contribution < 1.29 is 4.74 Å². The van der Waals surface area contributed by atoms with Crippen molar-refractivity contribution in [3.63, 3.8) is 0 Å². The van der Waals surface area contributed by atoms with Crippen LogP contribution in [0.3, 0.4) is 0 Å². The molecule has 4 rings (SSSR count). The first-order valence-corrected chi connectivity index (χ1v) is 10.2. The van der Waals surface area contributed by atoms with Crippen LogP contribution in [0.5, 0.6) is 5.75 Å². The Balaban J connectivity index is 1.26. The second kappa shape index (κ2) is 8.80. The van der Waals surface area contributed by atoms with Crippen molar-refractivity contribution in [1.29, 1.82) is 0 Å². The van der Waals surface area contributed by atoms with E-state index in [-0.39, 0.29) is 0 Å². The molecular formula is C21H26ClN5O. The summed E-state index contributed by atoms with van der Waals surface area (Å²) in [6.07, 6.45) is 6.04. The molecule has 1 fully saturated rings. The average molecular weight is 400 g/mol. The number of likely N-dealkylation sites (tertiary alicyclic amines) is 1. The third-order valence-corrected chi connectivity index (χ3v) is 5.54. The molecule has 148 valence electrons. The van der Waals surface area contributed by atoms with Gasteiger partial charge >= 0.3 is 0 Å². The summed E-state index contributed by atoms with van der Waals surface area (Å²) in [6.45, 7) is 6.69. The van der Waals surface area contributed by atoms with Crippen LogP contribution < -0.4 is 4.74 Å². The van der Waals surface area contributed by atoms with Crippen LogP contribution >= 0.6 is 11.6 Å². The number of hydrogen-bond acceptors (Lipinski definition) is 4. The Morgan fingerprint density at radius 3 is 3.04 bits per heavy atom. The van der Waals surface area contributed by atoms with Crippen molar-refractivity contribution >= 4 is 11.6 Å². The lowest BCUT2D eigenvalue weighted by Crippen LogP contribution is -2.19. The molecule has 0 spiro atoms. The SMILES string of the molecule is CCn1cc(CN2CCC(c3cc(CCOc4ccccc4Cl)[nH]n3)C2)cn1. The highest BCUT2D eigenvalue weighted by Gasteiger charge is 2.26. The summed E-state index contributed by atoms with van der Waals surface area (Å²) in [6, 6.07) is 9.73. The number of aryl methyl sites for hydroxylation is 1. The number of aromatic amines is 1. The summed E-state index contributed by atoms with van der Waals surface area (Å²) in [5, 5.41) is 12.7. The van der Waals surface area contributed by atoms with Gasteiger partial charge in [-0.15, -0.1) is 0 Å². The Morgan fingerprint density at radius 1 is 1.32 bits per heavy atom. The second-order valence-corrected chi connectivity index (χ2v) is 7.68. The average Bonchev–Trinajstić information content (AvgIpc) is 3.44. The predicted octanol–water partition coefficient (Wildman–Crippen LogP) is 3.89. The van der Waals surface area contributed by atoms with Gasteiger partial charge in [-0.2, -0.15) is 10.2 Å². The second-order valence-electron chi connectivity index (χ2n) is 7.27. The topological polar surface area (TPSA) is 59.0 Å². The van der Waals surface area contributed by atoms with Gasteiger partial charge in [0.1, 0.15) is 5.75 Å². The third kappa shape index (κ3) is 4.56. The van der Waals surface area contributed by atoms with Crippen LogP contribution in [0.1, 0.15) is 36.2 Å². The Morgan fingerprint density at radius 2 is 2.21 bits per heavy atom. The highest BCUT2D eigenvalue weighted by Crippen LogP contribution is 2.27. The zero-order valence-corrected chi connectivity index (χ0v) is 16.9. The largest absolute Gasteiger partial charge is 0.492 e. The van der Waals surface area contributed by atoms with E-state index in [9.17, 15) is 0 Å². The van der Waals surface area contributed by atoms with Crippen LogP contribution in [0, 0.1) is 0 Å². The summed E-state index contributed by atoms with van der Waals surface area (Å²) in [7, 11) is 0. The Hall–Kier alpha value is -2.31. The van der Waals surface area contributed by atoms with Crippen LogP contribution in [0.2, 0.25) is 5.02 Å². The molecule has 3 heterocycles. The minimum absolute atomic E-state index is 0.482. The molecular weight excluding hydrogens is 374 g/mol. The summed E-state index contributed by atoms with van der Waals surface area (Å²) < 4.78 is 7.75. The van der Waals surface area contributed by atoms with Crippen LogP contribution in [0.25, 0.3) is 0 Å². The first-order valence-electron chi connectivity index (χ1n) is 9.86. The van der Waals surface area contributed by atoms with Gasteiger partial charge in [0.2, 0.25) is 0 Å². The zero-order chi connectivity index (χ0) is 19.3. The van der Waals surface area contributed by atoms with E-state index in [0.717, 1.165) is 56.2 Å². The van der Waals surface area contributed by atoms with Gasteiger partial charge in [-0.1, -0.05) is 23.7 Å². The van der Waals surface area contributed by atoms with Crippen LogP contribution in [-0.4, -0.2) is 44.6 Å². The number of rotatable bonds is 8. The minimum Gasteiger partial charge on any atom is -0.492 e. The van der Waals surface area contributed by atoms with Crippen LogP contribution in [-0.2, 0) is 19.5 Å². The number of para-hydroxylation sites is 1. The number of aromatic nitrogens is 4. The van der Waals surface area contributed by atoms with E-state index in [1.54, 1.807) is 0 Å². The Labute approximate surface area is 170 Å². The highest BCUT2D eigenvalue weighted by molar-refractivity contribution is 6.32. The maximum atomic E-state index is 6.12. The molecule has 1 N–H and O–H groups in total. The van der Waals surface area contributed by atoms with Crippen LogP contribution in [0.15, 0.2) is 42.7 Å². The van der Waals surface area contributed by atoms with Gasteiger partial charge in [-0.3, -0.25) is 14.7 Å². The molecule has 0 bridgehead atoms. The number of nitrogens with zero attached hydrogens (tertiary/aromatic N) is 4. The van der Waals surface area contributed by atoms with Crippen molar-refractivity contribution in [3.05, 3.63) is 64.7 Å². The number of benzene rings is 1. The molecule has 1 saturated heterocycles. The number of nitrogens with one attached hydrogen (secondary N) is 1. The summed E-state index contributed by atoms with van der Waals surface area (Å²) in [5.41, 5.74) is 3.53. The molecule has 0 amide bonds. The lowest BCUT2D eigenvalue weighted by atomic mass is 10.0. The molecule has 0 saturated carbocycles. The molecule has 28 heavy (non-hydrogen) atoms. The summed E-state index contributed by atoms with van der Waals surface area (Å²) >= 11 is 6.12. The normalized spacial score (nSPS) is 17.3. The highest BCUT2D eigenvalue weighted by atomic mass is 35.5. The van der Waals surface area contributed by atoms with Gasteiger partial charge in [-0.05, 0) is 38.1 Å². The zero-order valence-electron chi connectivity index (χ0n) is 16.1. The molecule has 1 unspecified atom stereocenters. The van der Waals surface area contributed by atoms with Crippen molar-refractivity contribution in [3.8, 4) is 5.75 Å². The van der Waals surface area contributed by atoms with Crippen molar-refractivity contribution in [1.82, 2.24) is 24.9 Å². The van der Waals surface area contributed by atoms with Crippen molar-refractivity contribution in [2.24, 2.45) is 0 Å². The molecule has 1 aromatic carbocycles. The number of ether oxygens (including phenoxy) is 1. The van der Waals surface area contributed by atoms with Gasteiger partial charge in [0.15, 0.2) is 0 Å². The van der Waals surface area contributed by atoms with Gasteiger partial charge in [0.25, 0.3) is 0 Å². The molecule has 3 aromatic rings. The maximum Gasteiger partial charge on any atom is 0.137 e. The third-order valence-electron chi connectivity index (χ3n) is 5.22. The number of H-pyrrole nitrogens is 1. The minimum atomic E-state index is 0.482. The molecule has 1 aliphatic heterocycles. The first-order chi connectivity index (χ1) is 13.7. The molecule has 1 atom stereocenters. The van der Waals surface area contributed by atoms with E-state index in [4.69, 9.17) is 16.3 Å². The van der Waals surface area contributed by atoms with E-state index in [1.165, 1.54) is 5.56 Å². The molecule has 7 heteroatoms. The smallest absolute Gasteiger partial charge is 0.137 e. The van der Waals surface area contributed by atoms with E-state index >= 15 is 0 Å². The van der Waals surface area contributed by atoms with Gasteiger partial charge < -0.3 is 4.74 Å². The van der Waals surface area contributed by atoms with E-state index in [2.05, 4.69) is 39.4 Å². The fraction of sp³-hybridized carbons (Fsp3) is 0.429. The predicted molar refractivity (Wildman–Crippen MR) is 110 cm³/mol. The van der Waals surface area contributed by atoms with Crippen LogP contribution in [0.4, 0.5) is 0 Å². The van der Waals surface area contributed by atoms with E-state index in [1.807, 2.05) is 35.1 Å². The lowest BCUT2D eigenvalue weighted by Gasteiger charge is -2.14. The summed E-state index contributed by atoms with van der Waals surface area (Å²) in [5.74, 6) is 1.21. The molecule has 2 aromatic heterocycles. The van der Waals surface area contributed by atoms with Crippen molar-refractivity contribution in [2.75, 3.05) is 19.7 Å². The monoisotopic (exact) mass is 399 g/mol. The quantitative estimate of drug-likeness (QED) is 0.624. The molecule has 0 radical (unpaired) electrons. The molecule has 6 nitrogen and oxygen atoms in total. The molecule has 1 aliphatic rings. The fourth-order valence-corrected chi connectivity index (χ4v) is 3.88. The maximum absolute atomic E-state index is 6.12.